The van der Waals surface area contributed by atoms with Crippen LogP contribution in [0.2, 0.25) is 0 Å². The van der Waals surface area contributed by atoms with Crippen LogP contribution in [0.4, 0.5) is 5.69 Å². The summed E-state index contributed by atoms with van der Waals surface area (Å²) in [5.74, 6) is -0.211. The topological polar surface area (TPSA) is 152 Å². The standard InChI is InChI=1S/C40H46N8O5/c49-36-11-10-35(39(51)45-36)47-24-27-21-29(8-9-32(27)40(47)52)41-16-3-1-2-7-37(50)46-17-12-30(13-18-46)48-25-28(22-43-48)34-23-42-33-6-4-5-31(38(33)44-34)26-14-19-53-20-15-26/h4-6,8-9,21-23,25-26,30,35,41H,1-3,7,10-20,24H2,(H,45,49,51). The molecule has 4 aliphatic rings. The molecule has 3 fully saturated rings. The lowest BCUT2D eigenvalue weighted by Gasteiger charge is -2.32. The number of piperidine rings is 2. The summed E-state index contributed by atoms with van der Waals surface area (Å²) in [5, 5.41) is 10.5. The van der Waals surface area contributed by atoms with Gasteiger partial charge in [0.05, 0.1) is 35.2 Å². The van der Waals surface area contributed by atoms with Gasteiger partial charge in [0.2, 0.25) is 17.7 Å². The molecule has 1 atom stereocenters. The molecule has 4 amide bonds. The van der Waals surface area contributed by atoms with Gasteiger partial charge in [0.1, 0.15) is 6.04 Å². The number of amides is 4. The minimum Gasteiger partial charge on any atom is -0.385 e. The van der Waals surface area contributed by atoms with Crippen molar-refractivity contribution in [2.24, 2.45) is 0 Å². The Balaban J connectivity index is 0.762. The van der Waals surface area contributed by atoms with Gasteiger partial charge in [-0.3, -0.25) is 34.2 Å². The number of fused-ring (bicyclic) bond motifs is 2. The summed E-state index contributed by atoms with van der Waals surface area (Å²) in [6.07, 6.45) is 13.4. The molecular formula is C40H46N8O5. The van der Waals surface area contributed by atoms with E-state index in [9.17, 15) is 19.2 Å². The summed E-state index contributed by atoms with van der Waals surface area (Å²) < 4.78 is 7.62. The number of hydrogen-bond acceptors (Lipinski definition) is 9. The van der Waals surface area contributed by atoms with Crippen molar-refractivity contribution in [3.05, 3.63) is 71.7 Å². The molecule has 2 aromatic heterocycles. The maximum absolute atomic E-state index is 13.0. The van der Waals surface area contributed by atoms with E-state index in [1.54, 1.807) is 4.90 Å². The third-order valence-electron chi connectivity index (χ3n) is 11.3. The van der Waals surface area contributed by atoms with E-state index in [0.717, 1.165) is 111 Å². The van der Waals surface area contributed by atoms with Crippen LogP contribution in [0.1, 0.15) is 97.7 Å². The smallest absolute Gasteiger partial charge is 0.255 e. The van der Waals surface area contributed by atoms with Crippen LogP contribution in [0.25, 0.3) is 22.3 Å². The molecule has 0 bridgehead atoms. The van der Waals surface area contributed by atoms with Crippen LogP contribution in [0.3, 0.4) is 0 Å². The number of likely N-dealkylation sites (tertiary alicyclic amines) is 1. The number of carbonyl (C=O) groups is 4. The van der Waals surface area contributed by atoms with Gasteiger partial charge >= 0.3 is 0 Å². The molecule has 1 unspecified atom stereocenters. The quantitative estimate of drug-likeness (QED) is 0.162. The van der Waals surface area contributed by atoms with Crippen molar-refractivity contribution in [3.8, 4) is 11.3 Å². The van der Waals surface area contributed by atoms with E-state index in [4.69, 9.17) is 19.8 Å². The zero-order valence-electron chi connectivity index (χ0n) is 30.0. The molecule has 276 valence electrons. The zero-order valence-corrected chi connectivity index (χ0v) is 30.0. The normalized spacial score (nSPS) is 19.8. The third kappa shape index (κ3) is 7.53. The number of rotatable bonds is 11. The van der Waals surface area contributed by atoms with E-state index in [1.165, 1.54) is 5.56 Å². The molecule has 8 rings (SSSR count). The van der Waals surface area contributed by atoms with Gasteiger partial charge in [0.15, 0.2) is 0 Å². The van der Waals surface area contributed by atoms with Crippen molar-refractivity contribution in [1.82, 2.24) is 34.9 Å². The van der Waals surface area contributed by atoms with E-state index in [0.29, 0.717) is 30.9 Å². The van der Waals surface area contributed by atoms with Crippen LogP contribution in [0.5, 0.6) is 0 Å². The minimum absolute atomic E-state index is 0.169. The van der Waals surface area contributed by atoms with Crippen LogP contribution in [-0.2, 0) is 25.7 Å². The highest BCUT2D eigenvalue weighted by Gasteiger charge is 2.39. The van der Waals surface area contributed by atoms with Gasteiger partial charge in [-0.2, -0.15) is 5.10 Å². The van der Waals surface area contributed by atoms with Crippen molar-refractivity contribution in [1.29, 1.82) is 0 Å². The Kier molecular flexibility index (Phi) is 10.2. The highest BCUT2D eigenvalue weighted by atomic mass is 16.5. The molecule has 0 saturated carbocycles. The summed E-state index contributed by atoms with van der Waals surface area (Å²) in [4.78, 5) is 63.2. The molecule has 4 aliphatic heterocycles. The van der Waals surface area contributed by atoms with Crippen molar-refractivity contribution < 1.29 is 23.9 Å². The molecule has 4 aromatic rings. The molecule has 0 spiro atoms. The van der Waals surface area contributed by atoms with Crippen molar-refractivity contribution >= 4 is 40.3 Å². The lowest BCUT2D eigenvalue weighted by Crippen LogP contribution is -2.52. The van der Waals surface area contributed by atoms with Crippen LogP contribution in [0.15, 0.2) is 55.0 Å². The number of para-hydroxylation sites is 1. The van der Waals surface area contributed by atoms with Gasteiger partial charge in [0, 0.05) is 75.2 Å². The largest absolute Gasteiger partial charge is 0.385 e. The van der Waals surface area contributed by atoms with E-state index in [-0.39, 0.29) is 30.2 Å². The first-order valence-corrected chi connectivity index (χ1v) is 19.1. The number of carbonyl (C=O) groups excluding carboxylic acids is 4. The lowest BCUT2D eigenvalue weighted by molar-refractivity contribution is -0.137. The van der Waals surface area contributed by atoms with E-state index < -0.39 is 11.9 Å². The first-order chi connectivity index (χ1) is 25.9. The molecule has 6 heterocycles. The maximum Gasteiger partial charge on any atom is 0.255 e. The molecule has 0 radical (unpaired) electrons. The van der Waals surface area contributed by atoms with Gasteiger partial charge in [-0.15, -0.1) is 0 Å². The van der Waals surface area contributed by atoms with E-state index in [1.807, 2.05) is 46.2 Å². The van der Waals surface area contributed by atoms with Crippen LogP contribution in [-0.4, -0.2) is 92.1 Å². The molecule has 13 heteroatoms. The summed E-state index contributed by atoms with van der Waals surface area (Å²) in [5.41, 5.74) is 7.32. The summed E-state index contributed by atoms with van der Waals surface area (Å²) in [6, 6.07) is 11.6. The average molecular weight is 719 g/mol. The lowest BCUT2D eigenvalue weighted by atomic mass is 9.90. The fourth-order valence-corrected chi connectivity index (χ4v) is 8.23. The van der Waals surface area contributed by atoms with Gasteiger partial charge in [-0.05, 0) is 86.3 Å². The van der Waals surface area contributed by atoms with Crippen molar-refractivity contribution in [2.45, 2.75) is 88.8 Å². The SMILES string of the molecule is O=C1CCC(N2Cc3cc(NCCCCCC(=O)N4CCC(n5cc(-c6cnc7cccc(C8CCOCC8)c7n6)cn5)CC4)ccc3C2=O)C(=O)N1. The Labute approximate surface area is 308 Å². The van der Waals surface area contributed by atoms with E-state index >= 15 is 0 Å². The average Bonchev–Trinajstić information content (AvgIpc) is 3.81. The molecule has 53 heavy (non-hydrogen) atoms. The molecule has 2 N–H and O–H groups in total. The first kappa shape index (κ1) is 34.9. The van der Waals surface area contributed by atoms with Crippen LogP contribution < -0.4 is 10.6 Å². The third-order valence-corrected chi connectivity index (χ3v) is 11.3. The Bertz CT molecular complexity index is 2020. The second-order valence-electron chi connectivity index (χ2n) is 14.7. The number of nitrogens with zero attached hydrogens (tertiary/aromatic N) is 6. The Morgan fingerprint density at radius 2 is 1.81 bits per heavy atom. The Hall–Kier alpha value is -5.17. The second-order valence-corrected chi connectivity index (χ2v) is 14.7. The number of anilines is 1. The van der Waals surface area contributed by atoms with Gasteiger partial charge < -0.3 is 19.9 Å². The molecule has 2 aromatic carbocycles. The Morgan fingerprint density at radius 3 is 2.64 bits per heavy atom. The summed E-state index contributed by atoms with van der Waals surface area (Å²) >= 11 is 0. The fourth-order valence-electron chi connectivity index (χ4n) is 8.23. The monoisotopic (exact) mass is 718 g/mol. The number of hydrogen-bond donors (Lipinski definition) is 2. The summed E-state index contributed by atoms with van der Waals surface area (Å²) in [7, 11) is 0. The molecular weight excluding hydrogens is 672 g/mol. The van der Waals surface area contributed by atoms with Gasteiger partial charge in [-0.25, -0.2) is 4.98 Å². The van der Waals surface area contributed by atoms with Crippen LogP contribution >= 0.6 is 0 Å². The number of nitrogens with one attached hydrogen (secondary N) is 2. The maximum atomic E-state index is 13.0. The van der Waals surface area contributed by atoms with Gasteiger partial charge in [-0.1, -0.05) is 18.6 Å². The zero-order chi connectivity index (χ0) is 36.3. The van der Waals surface area contributed by atoms with Crippen LogP contribution in [0, 0.1) is 0 Å². The predicted molar refractivity (Wildman–Crippen MR) is 198 cm³/mol. The van der Waals surface area contributed by atoms with E-state index in [2.05, 4.69) is 29.0 Å². The number of ether oxygens (including phenoxy) is 1. The highest BCUT2D eigenvalue weighted by molar-refractivity contribution is 6.05. The van der Waals surface area contributed by atoms with Gasteiger partial charge in [0.25, 0.3) is 5.91 Å². The first-order valence-electron chi connectivity index (χ1n) is 19.1. The fraction of sp³-hybridized carbons (Fsp3) is 0.475. The number of aromatic nitrogens is 4. The summed E-state index contributed by atoms with van der Waals surface area (Å²) in [6.45, 7) is 4.14. The second kappa shape index (κ2) is 15.4. The number of unbranched alkanes of at least 4 members (excludes halogenated alkanes) is 2. The molecule has 0 aliphatic carbocycles. The highest BCUT2D eigenvalue weighted by Crippen LogP contribution is 2.33. The van der Waals surface area contributed by atoms with Crippen molar-refractivity contribution in [3.63, 3.8) is 0 Å². The molecule has 13 nitrogen and oxygen atoms in total. The Morgan fingerprint density at radius 1 is 0.962 bits per heavy atom. The van der Waals surface area contributed by atoms with Crippen molar-refractivity contribution in [2.75, 3.05) is 38.2 Å². The molecule has 3 saturated heterocycles. The number of benzene rings is 2. The number of imide groups is 1. The minimum atomic E-state index is -0.614. The predicted octanol–water partition coefficient (Wildman–Crippen LogP) is 4.98.